The van der Waals surface area contributed by atoms with E-state index in [0.717, 1.165) is 12.0 Å². The first-order valence-electron chi connectivity index (χ1n) is 5.19. The summed E-state index contributed by atoms with van der Waals surface area (Å²) >= 11 is 0. The molecule has 2 rings (SSSR count). The molecule has 2 aromatic heterocycles. The lowest BCUT2D eigenvalue weighted by Gasteiger charge is -2.16. The molecule has 2 heterocycles. The molecule has 0 saturated carbocycles. The van der Waals surface area contributed by atoms with Gasteiger partial charge in [-0.1, -0.05) is 5.16 Å². The predicted octanol–water partition coefficient (Wildman–Crippen LogP) is 2.00. The molecule has 0 amide bonds. The summed E-state index contributed by atoms with van der Waals surface area (Å²) < 4.78 is 10.1. The summed E-state index contributed by atoms with van der Waals surface area (Å²) in [5, 5.41) is 3.87. The zero-order valence-electron chi connectivity index (χ0n) is 9.43. The molecule has 0 atom stereocenters. The molecule has 0 aliphatic heterocycles. The molecule has 0 saturated heterocycles. The number of rotatable bonds is 4. The van der Waals surface area contributed by atoms with Crippen LogP contribution < -0.4 is 5.73 Å². The molecular formula is C11H15N3O2. The summed E-state index contributed by atoms with van der Waals surface area (Å²) in [6.07, 6.45) is 4.66. The Labute approximate surface area is 93.6 Å². The standard InChI is InChI=1S/C11H15N3O2/c1-11(2,12)5-3-9-13-10(14-16-9)8-4-6-15-7-8/h4,6-7H,3,5,12H2,1-2H3. The van der Waals surface area contributed by atoms with Crippen LogP contribution in [-0.4, -0.2) is 15.7 Å². The Morgan fingerprint density at radius 2 is 2.25 bits per heavy atom. The maximum Gasteiger partial charge on any atom is 0.227 e. The molecule has 0 bridgehead atoms. The van der Waals surface area contributed by atoms with Crippen molar-refractivity contribution in [1.29, 1.82) is 0 Å². The smallest absolute Gasteiger partial charge is 0.227 e. The minimum absolute atomic E-state index is 0.218. The van der Waals surface area contributed by atoms with Crippen LogP contribution in [0.15, 0.2) is 27.5 Å². The normalized spacial score (nSPS) is 11.9. The van der Waals surface area contributed by atoms with Gasteiger partial charge in [0, 0.05) is 12.0 Å². The Bertz CT molecular complexity index is 440. The van der Waals surface area contributed by atoms with Crippen molar-refractivity contribution < 1.29 is 8.94 Å². The van der Waals surface area contributed by atoms with Crippen LogP contribution in [0.5, 0.6) is 0 Å². The fourth-order valence-electron chi connectivity index (χ4n) is 1.29. The van der Waals surface area contributed by atoms with E-state index in [1.807, 2.05) is 13.8 Å². The largest absolute Gasteiger partial charge is 0.472 e. The van der Waals surface area contributed by atoms with E-state index >= 15 is 0 Å². The zero-order valence-corrected chi connectivity index (χ0v) is 9.43. The van der Waals surface area contributed by atoms with Crippen LogP contribution >= 0.6 is 0 Å². The lowest BCUT2D eigenvalue weighted by molar-refractivity contribution is 0.358. The molecule has 0 aliphatic rings. The van der Waals surface area contributed by atoms with Gasteiger partial charge < -0.3 is 14.7 Å². The minimum Gasteiger partial charge on any atom is -0.472 e. The number of nitrogens with zero attached hydrogens (tertiary/aromatic N) is 2. The molecule has 5 nitrogen and oxygen atoms in total. The first-order chi connectivity index (χ1) is 7.54. The maximum atomic E-state index is 5.88. The average Bonchev–Trinajstić information content (AvgIpc) is 2.84. The highest BCUT2D eigenvalue weighted by Gasteiger charge is 2.14. The summed E-state index contributed by atoms with van der Waals surface area (Å²) in [5.41, 5.74) is 6.48. The van der Waals surface area contributed by atoms with Gasteiger partial charge in [-0.25, -0.2) is 0 Å². The Balaban J connectivity index is 2.03. The molecule has 86 valence electrons. The molecule has 0 fully saturated rings. The van der Waals surface area contributed by atoms with Crippen LogP contribution in [0.1, 0.15) is 26.2 Å². The van der Waals surface area contributed by atoms with Crippen LogP contribution in [0.2, 0.25) is 0 Å². The Kier molecular flexibility index (Phi) is 2.78. The van der Waals surface area contributed by atoms with E-state index in [0.29, 0.717) is 18.1 Å². The van der Waals surface area contributed by atoms with Gasteiger partial charge in [-0.2, -0.15) is 4.98 Å². The summed E-state index contributed by atoms with van der Waals surface area (Å²) in [4.78, 5) is 4.26. The van der Waals surface area contributed by atoms with E-state index in [-0.39, 0.29) is 5.54 Å². The van der Waals surface area contributed by atoms with E-state index in [2.05, 4.69) is 10.1 Å². The van der Waals surface area contributed by atoms with Gasteiger partial charge in [-0.3, -0.25) is 0 Å². The van der Waals surface area contributed by atoms with Gasteiger partial charge in [0.25, 0.3) is 0 Å². The second-order valence-electron chi connectivity index (χ2n) is 4.51. The number of furan rings is 1. The first-order valence-corrected chi connectivity index (χ1v) is 5.19. The number of aryl methyl sites for hydroxylation is 1. The van der Waals surface area contributed by atoms with Crippen LogP contribution in [0.4, 0.5) is 0 Å². The summed E-state index contributed by atoms with van der Waals surface area (Å²) in [6, 6.07) is 1.79. The van der Waals surface area contributed by atoms with Crippen LogP contribution in [-0.2, 0) is 6.42 Å². The molecule has 0 aromatic carbocycles. The highest BCUT2D eigenvalue weighted by molar-refractivity contribution is 5.51. The fraction of sp³-hybridized carbons (Fsp3) is 0.455. The topological polar surface area (TPSA) is 78.1 Å². The second-order valence-corrected chi connectivity index (χ2v) is 4.51. The first kappa shape index (κ1) is 10.9. The zero-order chi connectivity index (χ0) is 11.6. The second kappa shape index (κ2) is 4.09. The van der Waals surface area contributed by atoms with Crippen molar-refractivity contribution in [2.75, 3.05) is 0 Å². The highest BCUT2D eigenvalue weighted by atomic mass is 16.5. The number of aromatic nitrogens is 2. The molecule has 0 aliphatic carbocycles. The molecule has 2 N–H and O–H groups in total. The van der Waals surface area contributed by atoms with Gasteiger partial charge in [0.05, 0.1) is 11.8 Å². The molecular weight excluding hydrogens is 206 g/mol. The number of hydrogen-bond donors (Lipinski definition) is 1. The Morgan fingerprint density at radius 3 is 2.88 bits per heavy atom. The van der Waals surface area contributed by atoms with Gasteiger partial charge in [0.1, 0.15) is 6.26 Å². The monoisotopic (exact) mass is 221 g/mol. The summed E-state index contributed by atoms with van der Waals surface area (Å²) in [6.45, 7) is 3.95. The quantitative estimate of drug-likeness (QED) is 0.854. The maximum absolute atomic E-state index is 5.88. The van der Waals surface area contributed by atoms with Crippen LogP contribution in [0.25, 0.3) is 11.4 Å². The average molecular weight is 221 g/mol. The lowest BCUT2D eigenvalue weighted by Crippen LogP contribution is -2.32. The molecule has 5 heteroatoms. The van der Waals surface area contributed by atoms with Crippen molar-refractivity contribution in [2.24, 2.45) is 5.73 Å². The Hall–Kier alpha value is -1.62. The van der Waals surface area contributed by atoms with E-state index in [4.69, 9.17) is 14.7 Å². The van der Waals surface area contributed by atoms with E-state index in [1.165, 1.54) is 0 Å². The predicted molar refractivity (Wildman–Crippen MR) is 58.6 cm³/mol. The third-order valence-electron chi connectivity index (χ3n) is 2.23. The van der Waals surface area contributed by atoms with Crippen molar-refractivity contribution in [2.45, 2.75) is 32.2 Å². The third-order valence-corrected chi connectivity index (χ3v) is 2.23. The van der Waals surface area contributed by atoms with Gasteiger partial charge >= 0.3 is 0 Å². The highest BCUT2D eigenvalue weighted by Crippen LogP contribution is 2.17. The number of nitrogens with two attached hydrogens (primary N) is 1. The fourth-order valence-corrected chi connectivity index (χ4v) is 1.29. The molecule has 0 unspecified atom stereocenters. The van der Waals surface area contributed by atoms with Gasteiger partial charge in [-0.05, 0) is 26.3 Å². The van der Waals surface area contributed by atoms with Crippen LogP contribution in [0, 0.1) is 0 Å². The van der Waals surface area contributed by atoms with Crippen molar-refractivity contribution in [1.82, 2.24) is 10.1 Å². The molecule has 16 heavy (non-hydrogen) atoms. The van der Waals surface area contributed by atoms with Crippen molar-refractivity contribution >= 4 is 0 Å². The van der Waals surface area contributed by atoms with Crippen molar-refractivity contribution in [3.8, 4) is 11.4 Å². The third kappa shape index (κ3) is 2.70. The minimum atomic E-state index is -0.218. The van der Waals surface area contributed by atoms with Gasteiger partial charge in [-0.15, -0.1) is 0 Å². The molecule has 0 spiro atoms. The van der Waals surface area contributed by atoms with Gasteiger partial charge in [0.15, 0.2) is 0 Å². The van der Waals surface area contributed by atoms with Crippen molar-refractivity contribution in [3.63, 3.8) is 0 Å². The van der Waals surface area contributed by atoms with E-state index < -0.39 is 0 Å². The van der Waals surface area contributed by atoms with Gasteiger partial charge in [0.2, 0.25) is 11.7 Å². The van der Waals surface area contributed by atoms with Crippen molar-refractivity contribution in [3.05, 3.63) is 24.5 Å². The van der Waals surface area contributed by atoms with Crippen LogP contribution in [0.3, 0.4) is 0 Å². The SMILES string of the molecule is CC(C)(N)CCc1nc(-c2ccoc2)no1. The van der Waals surface area contributed by atoms with E-state index in [1.54, 1.807) is 18.6 Å². The number of hydrogen-bond acceptors (Lipinski definition) is 5. The lowest BCUT2D eigenvalue weighted by atomic mass is 10.0. The summed E-state index contributed by atoms with van der Waals surface area (Å²) in [7, 11) is 0. The Morgan fingerprint density at radius 1 is 1.44 bits per heavy atom. The molecule has 0 radical (unpaired) electrons. The molecule has 2 aromatic rings. The van der Waals surface area contributed by atoms with E-state index in [9.17, 15) is 0 Å². The summed E-state index contributed by atoms with van der Waals surface area (Å²) in [5.74, 6) is 1.16.